The summed E-state index contributed by atoms with van der Waals surface area (Å²) < 4.78 is 14.7. The van der Waals surface area contributed by atoms with Crippen LogP contribution >= 0.6 is 0 Å². The van der Waals surface area contributed by atoms with Gasteiger partial charge in [-0.15, -0.1) is 0 Å². The maximum absolute atomic E-state index is 13.1. The topological polar surface area (TPSA) is 46.3 Å². The van der Waals surface area contributed by atoms with Crippen LogP contribution in [0.5, 0.6) is 0 Å². The Bertz CT molecular complexity index is 804. The third-order valence-electron chi connectivity index (χ3n) is 3.18. The second-order valence-corrected chi connectivity index (χ2v) is 5.23. The molecule has 23 heavy (non-hydrogen) atoms. The quantitative estimate of drug-likeness (QED) is 0.549. The smallest absolute Gasteiger partial charge is 0.163 e. The van der Waals surface area contributed by atoms with Crippen molar-refractivity contribution >= 4 is 12.0 Å². The van der Waals surface area contributed by atoms with Gasteiger partial charge in [-0.05, 0) is 48.5 Å². The van der Waals surface area contributed by atoms with Crippen LogP contribution in [0.3, 0.4) is 0 Å². The molecule has 2 aromatic carbocycles. The lowest BCUT2D eigenvalue weighted by Gasteiger charge is -2.06. The number of aliphatic imine (C=N–C) groups is 1. The lowest BCUT2D eigenvalue weighted by molar-refractivity contribution is 0.627. The minimum Gasteiger partial charge on any atom is -0.369 e. The highest BCUT2D eigenvalue weighted by Crippen LogP contribution is 2.23. The van der Waals surface area contributed by atoms with E-state index in [0.29, 0.717) is 5.82 Å². The molecule has 0 N–H and O–H groups in total. The minimum atomic E-state index is -0.279. The Balaban J connectivity index is 1.91. The van der Waals surface area contributed by atoms with Crippen LogP contribution in [0.4, 0.5) is 10.1 Å². The van der Waals surface area contributed by atoms with Gasteiger partial charge in [-0.3, -0.25) is 0 Å². The van der Waals surface area contributed by atoms with E-state index in [-0.39, 0.29) is 5.82 Å². The molecule has 0 spiro atoms. The average molecular weight is 309 g/mol. The molecule has 116 valence electrons. The van der Waals surface area contributed by atoms with Gasteiger partial charge in [0.25, 0.3) is 0 Å². The Kier molecular flexibility index (Phi) is 4.14. The molecule has 6 heteroatoms. The summed E-state index contributed by atoms with van der Waals surface area (Å²) in [6.45, 7) is 0. The lowest BCUT2D eigenvalue weighted by atomic mass is 10.2. The van der Waals surface area contributed by atoms with E-state index in [1.165, 1.54) is 18.5 Å². The number of nitrogens with zero attached hydrogens (tertiary/aromatic N) is 5. The highest BCUT2D eigenvalue weighted by molar-refractivity contribution is 5.64. The van der Waals surface area contributed by atoms with Crippen molar-refractivity contribution in [2.45, 2.75) is 0 Å². The third-order valence-corrected chi connectivity index (χ3v) is 3.18. The Morgan fingerprint density at radius 2 is 1.74 bits per heavy atom. The zero-order valence-electron chi connectivity index (χ0n) is 12.9. The highest BCUT2D eigenvalue weighted by Gasteiger charge is 2.09. The molecule has 0 unspecified atom stereocenters. The number of hydrogen-bond acceptors (Lipinski definition) is 3. The minimum absolute atomic E-state index is 0.279. The van der Waals surface area contributed by atoms with E-state index >= 15 is 0 Å². The fraction of sp³-hybridized carbons (Fsp3) is 0.118. The maximum Gasteiger partial charge on any atom is 0.163 e. The fourth-order valence-corrected chi connectivity index (χ4v) is 2.09. The first-order chi connectivity index (χ1) is 11.1. The van der Waals surface area contributed by atoms with Crippen molar-refractivity contribution in [3.63, 3.8) is 0 Å². The Hall–Kier alpha value is -3.02. The van der Waals surface area contributed by atoms with Crippen LogP contribution in [0.1, 0.15) is 0 Å². The van der Waals surface area contributed by atoms with Crippen molar-refractivity contribution in [3.8, 4) is 17.1 Å². The third kappa shape index (κ3) is 3.42. The number of halogens is 1. The van der Waals surface area contributed by atoms with Gasteiger partial charge in [0.05, 0.1) is 17.7 Å². The molecular weight excluding hydrogens is 293 g/mol. The van der Waals surface area contributed by atoms with E-state index in [9.17, 15) is 4.39 Å². The van der Waals surface area contributed by atoms with E-state index in [1.54, 1.807) is 23.2 Å². The molecule has 3 rings (SSSR count). The molecule has 1 heterocycles. The van der Waals surface area contributed by atoms with E-state index < -0.39 is 0 Å². The summed E-state index contributed by atoms with van der Waals surface area (Å²) in [5.41, 5.74) is 2.53. The first kappa shape index (κ1) is 14.9. The SMILES string of the molecule is CN(C)/C=N/c1ccc(-c2ncnn2-c2ccc(F)cc2)cc1. The molecule has 0 atom stereocenters. The zero-order chi connectivity index (χ0) is 16.2. The number of benzene rings is 2. The first-order valence-electron chi connectivity index (χ1n) is 7.10. The Morgan fingerprint density at radius 1 is 1.04 bits per heavy atom. The van der Waals surface area contributed by atoms with Crippen LogP contribution in [-0.2, 0) is 0 Å². The maximum atomic E-state index is 13.1. The van der Waals surface area contributed by atoms with Crippen molar-refractivity contribution < 1.29 is 4.39 Å². The van der Waals surface area contributed by atoms with Gasteiger partial charge in [-0.25, -0.2) is 19.0 Å². The molecule has 0 amide bonds. The van der Waals surface area contributed by atoms with Crippen molar-refractivity contribution in [3.05, 3.63) is 60.7 Å². The predicted molar refractivity (Wildman–Crippen MR) is 88.6 cm³/mol. The second-order valence-electron chi connectivity index (χ2n) is 5.23. The average Bonchev–Trinajstić information content (AvgIpc) is 3.03. The van der Waals surface area contributed by atoms with Crippen molar-refractivity contribution in [2.24, 2.45) is 4.99 Å². The molecule has 1 aromatic heterocycles. The van der Waals surface area contributed by atoms with Crippen LogP contribution in [0.25, 0.3) is 17.1 Å². The van der Waals surface area contributed by atoms with Crippen molar-refractivity contribution in [1.82, 2.24) is 19.7 Å². The van der Waals surface area contributed by atoms with Gasteiger partial charge in [0.2, 0.25) is 0 Å². The number of aromatic nitrogens is 3. The molecular formula is C17H16FN5. The normalized spacial score (nSPS) is 11.1. The summed E-state index contributed by atoms with van der Waals surface area (Å²) in [6.07, 6.45) is 3.23. The van der Waals surface area contributed by atoms with Gasteiger partial charge in [0.15, 0.2) is 5.82 Å². The van der Waals surface area contributed by atoms with Crippen LogP contribution in [0.2, 0.25) is 0 Å². The first-order valence-corrected chi connectivity index (χ1v) is 7.10. The summed E-state index contributed by atoms with van der Waals surface area (Å²) in [5, 5.41) is 4.22. The molecule has 5 nitrogen and oxygen atoms in total. The highest BCUT2D eigenvalue weighted by atomic mass is 19.1. The number of hydrogen-bond donors (Lipinski definition) is 0. The molecule has 3 aromatic rings. The largest absolute Gasteiger partial charge is 0.369 e. The Morgan fingerprint density at radius 3 is 2.39 bits per heavy atom. The summed E-state index contributed by atoms with van der Waals surface area (Å²) in [6, 6.07) is 13.9. The van der Waals surface area contributed by atoms with Gasteiger partial charge in [-0.2, -0.15) is 5.10 Å². The molecule has 0 bridgehead atoms. The molecule has 0 radical (unpaired) electrons. The van der Waals surface area contributed by atoms with E-state index in [0.717, 1.165) is 16.9 Å². The molecule has 0 saturated heterocycles. The molecule has 0 aliphatic carbocycles. The number of rotatable bonds is 4. The molecule has 0 saturated carbocycles. The Labute approximate surface area is 133 Å². The van der Waals surface area contributed by atoms with Gasteiger partial charge in [0.1, 0.15) is 12.1 Å². The zero-order valence-corrected chi connectivity index (χ0v) is 12.9. The standard InChI is InChI=1S/C17H16FN5/c1-22(2)12-20-15-7-3-13(4-8-15)17-19-11-21-23(17)16-9-5-14(18)6-10-16/h3-12H,1-2H3/b20-12+. The summed E-state index contributed by atoms with van der Waals surface area (Å²) >= 11 is 0. The van der Waals surface area contributed by atoms with Crippen molar-refractivity contribution in [1.29, 1.82) is 0 Å². The van der Waals surface area contributed by atoms with E-state index in [2.05, 4.69) is 15.1 Å². The van der Waals surface area contributed by atoms with Gasteiger partial charge in [0, 0.05) is 19.7 Å². The van der Waals surface area contributed by atoms with Crippen LogP contribution < -0.4 is 0 Å². The van der Waals surface area contributed by atoms with E-state index in [4.69, 9.17) is 0 Å². The molecule has 0 aliphatic heterocycles. The van der Waals surface area contributed by atoms with Gasteiger partial charge >= 0.3 is 0 Å². The monoisotopic (exact) mass is 309 g/mol. The second kappa shape index (κ2) is 6.39. The van der Waals surface area contributed by atoms with Crippen molar-refractivity contribution in [2.75, 3.05) is 14.1 Å². The van der Waals surface area contributed by atoms with Gasteiger partial charge < -0.3 is 4.90 Å². The van der Waals surface area contributed by atoms with Crippen LogP contribution in [-0.4, -0.2) is 40.1 Å². The predicted octanol–water partition coefficient (Wildman–Crippen LogP) is 3.29. The van der Waals surface area contributed by atoms with Gasteiger partial charge in [-0.1, -0.05) is 0 Å². The molecule has 0 fully saturated rings. The summed E-state index contributed by atoms with van der Waals surface area (Å²) in [4.78, 5) is 10.5. The summed E-state index contributed by atoms with van der Waals surface area (Å²) in [7, 11) is 3.84. The lowest BCUT2D eigenvalue weighted by Crippen LogP contribution is -2.06. The van der Waals surface area contributed by atoms with Crippen LogP contribution in [0, 0.1) is 5.82 Å². The molecule has 0 aliphatic rings. The van der Waals surface area contributed by atoms with Crippen LogP contribution in [0.15, 0.2) is 59.9 Å². The summed E-state index contributed by atoms with van der Waals surface area (Å²) in [5.74, 6) is 0.415. The van der Waals surface area contributed by atoms with E-state index in [1.807, 2.05) is 43.3 Å². The fourth-order valence-electron chi connectivity index (χ4n) is 2.09.